The molecule has 2 rings (SSSR count). The molecular weight excluding hydrogens is 236 g/mol. The molecule has 2 unspecified atom stereocenters. The normalized spacial score (nSPS) is 29.2. The third-order valence-corrected chi connectivity index (χ3v) is 5.18. The summed E-state index contributed by atoms with van der Waals surface area (Å²) in [5, 5.41) is 3.39. The first-order valence-corrected chi connectivity index (χ1v) is 8.15. The molecule has 1 saturated heterocycles. The Morgan fingerprint density at radius 3 is 2.53 bits per heavy atom. The van der Waals surface area contributed by atoms with Crippen molar-refractivity contribution in [2.45, 2.75) is 64.3 Å². The number of hydrogen-bond acceptors (Lipinski definition) is 2. The molecule has 1 aliphatic carbocycles. The second kappa shape index (κ2) is 7.28. The Hall–Kier alpha value is -0.570. The van der Waals surface area contributed by atoms with Gasteiger partial charge in [-0.2, -0.15) is 0 Å². The van der Waals surface area contributed by atoms with Crippen LogP contribution in [0.3, 0.4) is 0 Å². The van der Waals surface area contributed by atoms with Crippen LogP contribution in [0, 0.1) is 11.8 Å². The van der Waals surface area contributed by atoms with E-state index in [2.05, 4.69) is 17.1 Å². The molecule has 19 heavy (non-hydrogen) atoms. The Morgan fingerprint density at radius 1 is 1.16 bits per heavy atom. The number of nitrogens with zero attached hydrogens (tertiary/aromatic N) is 1. The Kier molecular flexibility index (Phi) is 5.68. The molecule has 0 aromatic carbocycles. The third-order valence-electron chi connectivity index (χ3n) is 5.18. The van der Waals surface area contributed by atoms with Crippen LogP contribution in [0.5, 0.6) is 0 Å². The first-order chi connectivity index (χ1) is 9.18. The first-order valence-electron chi connectivity index (χ1n) is 8.15. The topological polar surface area (TPSA) is 32.3 Å². The van der Waals surface area contributed by atoms with E-state index in [4.69, 9.17) is 0 Å². The van der Waals surface area contributed by atoms with Gasteiger partial charge < -0.3 is 10.2 Å². The molecule has 1 amide bonds. The number of rotatable bonds is 4. The number of carbonyl (C=O) groups excluding carboxylic acids is 1. The van der Waals surface area contributed by atoms with Gasteiger partial charge in [-0.1, -0.05) is 19.8 Å². The van der Waals surface area contributed by atoms with Crippen LogP contribution >= 0.6 is 0 Å². The average Bonchev–Trinajstić information content (AvgIpc) is 2.45. The van der Waals surface area contributed by atoms with E-state index >= 15 is 0 Å². The largest absolute Gasteiger partial charge is 0.343 e. The van der Waals surface area contributed by atoms with Crippen molar-refractivity contribution >= 4 is 5.91 Å². The van der Waals surface area contributed by atoms with Crippen LogP contribution in [0.15, 0.2) is 0 Å². The molecule has 0 bridgehead atoms. The number of hydrogen-bond donors (Lipinski definition) is 1. The molecule has 1 saturated carbocycles. The lowest BCUT2D eigenvalue weighted by atomic mass is 9.85. The van der Waals surface area contributed by atoms with Crippen molar-refractivity contribution in [2.24, 2.45) is 11.8 Å². The van der Waals surface area contributed by atoms with Crippen LogP contribution in [0.2, 0.25) is 0 Å². The summed E-state index contributed by atoms with van der Waals surface area (Å²) in [5.74, 6) is 1.82. The van der Waals surface area contributed by atoms with Crippen LogP contribution in [0.4, 0.5) is 0 Å². The summed E-state index contributed by atoms with van der Waals surface area (Å²) in [6.45, 7) is 4.57. The van der Waals surface area contributed by atoms with E-state index in [9.17, 15) is 4.79 Å². The molecule has 110 valence electrons. The summed E-state index contributed by atoms with van der Waals surface area (Å²) in [7, 11) is 2.03. The summed E-state index contributed by atoms with van der Waals surface area (Å²) < 4.78 is 0. The zero-order valence-corrected chi connectivity index (χ0v) is 12.7. The van der Waals surface area contributed by atoms with Crippen LogP contribution in [0.25, 0.3) is 0 Å². The second-order valence-electron chi connectivity index (χ2n) is 6.57. The van der Waals surface area contributed by atoms with E-state index < -0.39 is 0 Å². The Balaban J connectivity index is 1.74. The van der Waals surface area contributed by atoms with Crippen LogP contribution in [-0.2, 0) is 4.79 Å². The van der Waals surface area contributed by atoms with Gasteiger partial charge in [0.25, 0.3) is 0 Å². The van der Waals surface area contributed by atoms with Gasteiger partial charge in [0.1, 0.15) is 0 Å². The maximum atomic E-state index is 12.3. The molecule has 0 aromatic heterocycles. The van der Waals surface area contributed by atoms with Crippen molar-refractivity contribution in [2.75, 3.05) is 20.1 Å². The van der Waals surface area contributed by atoms with Gasteiger partial charge in [-0.15, -0.1) is 0 Å². The first kappa shape index (κ1) is 14.8. The Labute approximate surface area is 118 Å². The van der Waals surface area contributed by atoms with E-state index in [0.29, 0.717) is 17.9 Å². The number of nitrogens with one attached hydrogen (secondary N) is 1. The minimum Gasteiger partial charge on any atom is -0.343 e. The second-order valence-corrected chi connectivity index (χ2v) is 6.57. The maximum absolute atomic E-state index is 12.3. The Morgan fingerprint density at radius 2 is 1.84 bits per heavy atom. The van der Waals surface area contributed by atoms with Crippen molar-refractivity contribution in [1.29, 1.82) is 0 Å². The van der Waals surface area contributed by atoms with Gasteiger partial charge in [0.15, 0.2) is 0 Å². The van der Waals surface area contributed by atoms with E-state index in [1.165, 1.54) is 38.5 Å². The summed E-state index contributed by atoms with van der Waals surface area (Å²) >= 11 is 0. The number of carbonyl (C=O) groups is 1. The molecular formula is C16H30N2O. The number of piperidine rings is 1. The van der Waals surface area contributed by atoms with E-state index in [-0.39, 0.29) is 0 Å². The highest BCUT2D eigenvalue weighted by molar-refractivity contribution is 5.76. The van der Waals surface area contributed by atoms with Gasteiger partial charge in [0.05, 0.1) is 0 Å². The molecule has 3 heteroatoms. The SMILES string of the molecule is CC1CCCCC1N(C)C(=O)CCC1CCNCC1. The highest BCUT2D eigenvalue weighted by Crippen LogP contribution is 2.28. The lowest BCUT2D eigenvalue weighted by Gasteiger charge is -2.36. The predicted octanol–water partition coefficient (Wildman–Crippen LogP) is 2.80. The molecule has 2 aliphatic rings. The van der Waals surface area contributed by atoms with Gasteiger partial charge in [-0.05, 0) is 57.0 Å². The average molecular weight is 266 g/mol. The zero-order chi connectivity index (χ0) is 13.7. The fourth-order valence-corrected chi connectivity index (χ4v) is 3.73. The highest BCUT2D eigenvalue weighted by atomic mass is 16.2. The fraction of sp³-hybridized carbons (Fsp3) is 0.938. The van der Waals surface area contributed by atoms with Gasteiger partial charge >= 0.3 is 0 Å². The van der Waals surface area contributed by atoms with Crippen molar-refractivity contribution in [1.82, 2.24) is 10.2 Å². The molecule has 1 N–H and O–H groups in total. The minimum atomic E-state index is 0.372. The molecule has 2 fully saturated rings. The molecule has 2 atom stereocenters. The summed E-state index contributed by atoms with van der Waals surface area (Å²) in [6, 6.07) is 0.495. The fourth-order valence-electron chi connectivity index (χ4n) is 3.73. The van der Waals surface area contributed by atoms with Gasteiger partial charge in [0.2, 0.25) is 5.91 Å². The van der Waals surface area contributed by atoms with Crippen LogP contribution in [0.1, 0.15) is 58.3 Å². The van der Waals surface area contributed by atoms with Gasteiger partial charge in [0, 0.05) is 19.5 Å². The molecule has 0 aromatic rings. The van der Waals surface area contributed by atoms with E-state index in [0.717, 1.165) is 31.8 Å². The van der Waals surface area contributed by atoms with Crippen molar-refractivity contribution in [3.63, 3.8) is 0 Å². The van der Waals surface area contributed by atoms with E-state index in [1.54, 1.807) is 0 Å². The maximum Gasteiger partial charge on any atom is 0.222 e. The predicted molar refractivity (Wildman–Crippen MR) is 79.0 cm³/mol. The highest BCUT2D eigenvalue weighted by Gasteiger charge is 2.27. The number of amides is 1. The monoisotopic (exact) mass is 266 g/mol. The van der Waals surface area contributed by atoms with Gasteiger partial charge in [-0.25, -0.2) is 0 Å². The molecule has 3 nitrogen and oxygen atoms in total. The molecule has 0 radical (unpaired) electrons. The summed E-state index contributed by atoms with van der Waals surface area (Å²) in [5.41, 5.74) is 0. The van der Waals surface area contributed by atoms with Crippen LogP contribution in [-0.4, -0.2) is 37.0 Å². The zero-order valence-electron chi connectivity index (χ0n) is 12.7. The smallest absolute Gasteiger partial charge is 0.222 e. The lowest BCUT2D eigenvalue weighted by molar-refractivity contribution is -0.133. The lowest BCUT2D eigenvalue weighted by Crippen LogP contribution is -2.42. The summed E-state index contributed by atoms with van der Waals surface area (Å²) in [6.07, 6.45) is 9.47. The standard InChI is InChI=1S/C16H30N2O/c1-13-5-3-4-6-15(13)18(2)16(19)8-7-14-9-11-17-12-10-14/h13-15,17H,3-12H2,1-2H3. The quantitative estimate of drug-likeness (QED) is 0.848. The van der Waals surface area contributed by atoms with Crippen molar-refractivity contribution < 1.29 is 4.79 Å². The molecule has 0 spiro atoms. The Bertz CT molecular complexity index is 286. The molecule has 1 aliphatic heterocycles. The van der Waals surface area contributed by atoms with Crippen molar-refractivity contribution in [3.8, 4) is 0 Å². The van der Waals surface area contributed by atoms with Crippen molar-refractivity contribution in [3.05, 3.63) is 0 Å². The molecule has 1 heterocycles. The van der Waals surface area contributed by atoms with Gasteiger partial charge in [-0.3, -0.25) is 4.79 Å². The minimum absolute atomic E-state index is 0.372. The summed E-state index contributed by atoms with van der Waals surface area (Å²) in [4.78, 5) is 14.4. The van der Waals surface area contributed by atoms with Crippen LogP contribution < -0.4 is 5.32 Å². The third kappa shape index (κ3) is 4.20. The van der Waals surface area contributed by atoms with E-state index in [1.807, 2.05) is 7.05 Å².